The number of anilines is 1. The van der Waals surface area contributed by atoms with E-state index in [1.165, 1.54) is 0 Å². The molecule has 1 aromatic carbocycles. The average Bonchev–Trinajstić information content (AvgIpc) is 3.19. The standard InChI is InChI=1S/C20H26N4O2/c1-17-19(25)24(18-6-3-2-4-7-18)16-20(26-17)8-12-22(13-9-20)14-15-23-11-5-10-21-23/h2-7,10-11,17H,8-9,12-16H2,1H3. The normalized spacial score (nSPS) is 23.5. The van der Waals surface area contributed by atoms with E-state index in [0.717, 1.165) is 44.7 Å². The number of likely N-dealkylation sites (tertiary alicyclic amines) is 1. The zero-order valence-corrected chi connectivity index (χ0v) is 15.3. The predicted molar refractivity (Wildman–Crippen MR) is 100.0 cm³/mol. The van der Waals surface area contributed by atoms with Crippen LogP contribution in [0.1, 0.15) is 19.8 Å². The van der Waals surface area contributed by atoms with Crippen molar-refractivity contribution in [1.82, 2.24) is 14.7 Å². The molecule has 2 aliphatic heterocycles. The van der Waals surface area contributed by atoms with Crippen LogP contribution < -0.4 is 4.90 Å². The highest BCUT2D eigenvalue weighted by Gasteiger charge is 2.45. The van der Waals surface area contributed by atoms with Crippen molar-refractivity contribution < 1.29 is 9.53 Å². The molecule has 6 heteroatoms. The molecular weight excluding hydrogens is 328 g/mol. The summed E-state index contributed by atoms with van der Waals surface area (Å²) in [7, 11) is 0. The van der Waals surface area contributed by atoms with Crippen molar-refractivity contribution in [2.24, 2.45) is 0 Å². The van der Waals surface area contributed by atoms with E-state index >= 15 is 0 Å². The van der Waals surface area contributed by atoms with Gasteiger partial charge in [-0.15, -0.1) is 0 Å². The number of nitrogens with zero attached hydrogens (tertiary/aromatic N) is 4. The Bertz CT molecular complexity index is 724. The Balaban J connectivity index is 1.40. The summed E-state index contributed by atoms with van der Waals surface area (Å²) in [4.78, 5) is 17.0. The quantitative estimate of drug-likeness (QED) is 0.844. The fraction of sp³-hybridized carbons (Fsp3) is 0.500. The molecule has 0 aliphatic carbocycles. The summed E-state index contributed by atoms with van der Waals surface area (Å²) in [6.07, 6.45) is 5.33. The van der Waals surface area contributed by atoms with Gasteiger partial charge in [0.05, 0.1) is 18.7 Å². The van der Waals surface area contributed by atoms with Gasteiger partial charge < -0.3 is 14.5 Å². The van der Waals surface area contributed by atoms with Crippen molar-refractivity contribution in [3.05, 3.63) is 48.8 Å². The maximum Gasteiger partial charge on any atom is 0.255 e. The van der Waals surface area contributed by atoms with E-state index in [4.69, 9.17) is 4.74 Å². The van der Waals surface area contributed by atoms with Gasteiger partial charge in [0.15, 0.2) is 0 Å². The van der Waals surface area contributed by atoms with Crippen LogP contribution in [-0.2, 0) is 16.1 Å². The Kier molecular flexibility index (Phi) is 4.78. The molecule has 26 heavy (non-hydrogen) atoms. The van der Waals surface area contributed by atoms with Gasteiger partial charge in [-0.2, -0.15) is 5.10 Å². The van der Waals surface area contributed by atoms with Gasteiger partial charge in [-0.05, 0) is 38.0 Å². The lowest BCUT2D eigenvalue weighted by Crippen LogP contribution is -2.61. The van der Waals surface area contributed by atoms with Gasteiger partial charge in [0.2, 0.25) is 0 Å². The van der Waals surface area contributed by atoms with Crippen molar-refractivity contribution in [2.75, 3.05) is 31.1 Å². The summed E-state index contributed by atoms with van der Waals surface area (Å²) >= 11 is 0. The SMILES string of the molecule is CC1OC2(CCN(CCn3cccn3)CC2)CN(c2ccccc2)C1=O. The Morgan fingerprint density at radius 1 is 1.15 bits per heavy atom. The Labute approximate surface area is 154 Å². The zero-order chi connectivity index (χ0) is 18.0. The number of carbonyl (C=O) groups excluding carboxylic acids is 1. The van der Waals surface area contributed by atoms with Crippen LogP contribution in [0.4, 0.5) is 5.69 Å². The maximum atomic E-state index is 12.6. The van der Waals surface area contributed by atoms with E-state index in [1.807, 2.05) is 65.3 Å². The second-order valence-corrected chi connectivity index (χ2v) is 7.31. The van der Waals surface area contributed by atoms with Crippen molar-refractivity contribution in [3.8, 4) is 0 Å². The van der Waals surface area contributed by atoms with E-state index in [1.54, 1.807) is 0 Å². The van der Waals surface area contributed by atoms with E-state index in [-0.39, 0.29) is 17.6 Å². The Hall–Kier alpha value is -2.18. The van der Waals surface area contributed by atoms with Gasteiger partial charge in [-0.1, -0.05) is 18.2 Å². The number of benzene rings is 1. The minimum Gasteiger partial charge on any atom is -0.360 e. The van der Waals surface area contributed by atoms with E-state index < -0.39 is 0 Å². The maximum absolute atomic E-state index is 12.6. The first-order chi connectivity index (χ1) is 12.7. The number of ether oxygens (including phenoxy) is 1. The molecule has 1 spiro atoms. The van der Waals surface area contributed by atoms with E-state index in [2.05, 4.69) is 10.00 Å². The first kappa shape index (κ1) is 17.2. The largest absolute Gasteiger partial charge is 0.360 e. The molecule has 0 radical (unpaired) electrons. The molecule has 2 saturated heterocycles. The second-order valence-electron chi connectivity index (χ2n) is 7.31. The summed E-state index contributed by atoms with van der Waals surface area (Å²) in [6, 6.07) is 11.9. The minimum absolute atomic E-state index is 0.0583. The monoisotopic (exact) mass is 354 g/mol. The fourth-order valence-corrected chi connectivity index (χ4v) is 4.01. The lowest BCUT2D eigenvalue weighted by molar-refractivity contribution is -0.161. The van der Waals surface area contributed by atoms with Gasteiger partial charge in [0, 0.05) is 37.7 Å². The number of morpholine rings is 1. The zero-order valence-electron chi connectivity index (χ0n) is 15.3. The second kappa shape index (κ2) is 7.21. The molecule has 2 aromatic rings. The number of carbonyl (C=O) groups is 1. The highest BCUT2D eigenvalue weighted by Crippen LogP contribution is 2.34. The minimum atomic E-state index is -0.389. The summed E-state index contributed by atoms with van der Waals surface area (Å²) in [6.45, 7) is 6.41. The molecular formula is C20H26N4O2. The molecule has 1 atom stereocenters. The molecule has 0 N–H and O–H groups in total. The third-order valence-corrected chi connectivity index (χ3v) is 5.53. The number of hydrogen-bond acceptors (Lipinski definition) is 4. The van der Waals surface area contributed by atoms with Gasteiger partial charge in [0.25, 0.3) is 5.91 Å². The number of para-hydroxylation sites is 1. The number of hydrogen-bond donors (Lipinski definition) is 0. The Morgan fingerprint density at radius 3 is 2.62 bits per heavy atom. The van der Waals surface area contributed by atoms with Crippen LogP contribution >= 0.6 is 0 Å². The third-order valence-electron chi connectivity index (χ3n) is 5.53. The van der Waals surface area contributed by atoms with Crippen LogP contribution in [-0.4, -0.2) is 58.5 Å². The number of rotatable bonds is 4. The van der Waals surface area contributed by atoms with Crippen molar-refractivity contribution >= 4 is 11.6 Å². The molecule has 0 saturated carbocycles. The smallest absolute Gasteiger partial charge is 0.255 e. The fourth-order valence-electron chi connectivity index (χ4n) is 4.01. The molecule has 4 rings (SSSR count). The predicted octanol–water partition coefficient (Wildman–Crippen LogP) is 2.17. The highest BCUT2D eigenvalue weighted by atomic mass is 16.5. The van der Waals surface area contributed by atoms with Gasteiger partial charge in [-0.25, -0.2) is 0 Å². The number of piperidine rings is 1. The topological polar surface area (TPSA) is 50.6 Å². The highest BCUT2D eigenvalue weighted by molar-refractivity contribution is 5.97. The molecule has 1 unspecified atom stereocenters. The van der Waals surface area contributed by atoms with Crippen molar-refractivity contribution in [1.29, 1.82) is 0 Å². The molecule has 2 aliphatic rings. The lowest BCUT2D eigenvalue weighted by Gasteiger charge is -2.49. The van der Waals surface area contributed by atoms with Crippen LogP contribution in [0.3, 0.4) is 0 Å². The van der Waals surface area contributed by atoms with Crippen LogP contribution in [0, 0.1) is 0 Å². The van der Waals surface area contributed by atoms with Crippen LogP contribution in [0.2, 0.25) is 0 Å². The summed E-state index contributed by atoms with van der Waals surface area (Å²) in [5.41, 5.74) is 0.735. The van der Waals surface area contributed by atoms with Crippen LogP contribution in [0.15, 0.2) is 48.8 Å². The first-order valence-electron chi connectivity index (χ1n) is 9.39. The van der Waals surface area contributed by atoms with Gasteiger partial charge >= 0.3 is 0 Å². The van der Waals surface area contributed by atoms with Crippen molar-refractivity contribution in [3.63, 3.8) is 0 Å². The van der Waals surface area contributed by atoms with Crippen molar-refractivity contribution in [2.45, 2.75) is 38.0 Å². The number of amides is 1. The Morgan fingerprint density at radius 2 is 1.92 bits per heavy atom. The molecule has 1 aromatic heterocycles. The molecule has 3 heterocycles. The first-order valence-corrected chi connectivity index (χ1v) is 9.39. The molecule has 138 valence electrons. The van der Waals surface area contributed by atoms with Gasteiger partial charge in [-0.3, -0.25) is 9.48 Å². The molecule has 2 fully saturated rings. The lowest BCUT2D eigenvalue weighted by atomic mass is 9.88. The molecule has 6 nitrogen and oxygen atoms in total. The van der Waals surface area contributed by atoms with E-state index in [0.29, 0.717) is 6.54 Å². The van der Waals surface area contributed by atoms with E-state index in [9.17, 15) is 4.79 Å². The molecule has 1 amide bonds. The summed E-state index contributed by atoms with van der Waals surface area (Å²) in [5.74, 6) is 0.0583. The summed E-state index contributed by atoms with van der Waals surface area (Å²) in [5, 5.41) is 4.27. The average molecular weight is 354 g/mol. The van der Waals surface area contributed by atoms with Gasteiger partial charge in [0.1, 0.15) is 6.10 Å². The van der Waals surface area contributed by atoms with Crippen LogP contribution in [0.5, 0.6) is 0 Å². The summed E-state index contributed by atoms with van der Waals surface area (Å²) < 4.78 is 8.21. The van der Waals surface area contributed by atoms with Crippen LogP contribution in [0.25, 0.3) is 0 Å². The third kappa shape index (κ3) is 3.52. The number of aromatic nitrogens is 2. The molecule has 0 bridgehead atoms.